The molecule has 1 aromatic heterocycles. The van der Waals surface area contributed by atoms with E-state index in [1.54, 1.807) is 0 Å². The summed E-state index contributed by atoms with van der Waals surface area (Å²) in [4.78, 5) is 0. The summed E-state index contributed by atoms with van der Waals surface area (Å²) in [5.74, 6) is 0. The molecule has 0 saturated heterocycles. The number of rotatable bonds is 1. The van der Waals surface area contributed by atoms with Crippen molar-refractivity contribution in [1.29, 1.82) is 0 Å². The molecule has 3 heteroatoms. The van der Waals surface area contributed by atoms with E-state index in [0.717, 1.165) is 16.3 Å². The summed E-state index contributed by atoms with van der Waals surface area (Å²) in [6.07, 6.45) is 0. The summed E-state index contributed by atoms with van der Waals surface area (Å²) in [5, 5.41) is 7.65. The van der Waals surface area contributed by atoms with Crippen LogP contribution in [0.15, 0.2) is 41.4 Å². The first-order valence-corrected chi connectivity index (χ1v) is 4.11. The number of nitrogens with one attached hydrogen (secondary N) is 1. The molecule has 12 heavy (non-hydrogen) atoms. The average molecular weight is 176 g/mol. The number of hydrogen-bond donors (Lipinski definition) is 2. The number of nitrogens with zero attached hydrogens (tertiary/aromatic N) is 1. The summed E-state index contributed by atoms with van der Waals surface area (Å²) in [5.41, 5.74) is 2.04. The first-order valence-electron chi connectivity index (χ1n) is 3.66. The van der Waals surface area contributed by atoms with Crippen LogP contribution in [0.4, 0.5) is 0 Å². The summed E-state index contributed by atoms with van der Waals surface area (Å²) in [6.45, 7) is 0. The largest absolute Gasteiger partial charge is 0.272 e. The van der Waals surface area contributed by atoms with Crippen molar-refractivity contribution in [3.63, 3.8) is 0 Å². The van der Waals surface area contributed by atoms with Crippen molar-refractivity contribution in [2.24, 2.45) is 0 Å². The first-order chi connectivity index (χ1) is 5.86. The molecule has 2 rings (SSSR count). The van der Waals surface area contributed by atoms with E-state index in [0.29, 0.717) is 0 Å². The van der Waals surface area contributed by atoms with Crippen molar-refractivity contribution >= 4 is 12.6 Å². The third-order valence-electron chi connectivity index (χ3n) is 1.63. The van der Waals surface area contributed by atoms with Gasteiger partial charge >= 0.3 is 0 Å². The molecule has 1 N–H and O–H groups in total. The van der Waals surface area contributed by atoms with Crippen LogP contribution >= 0.6 is 12.6 Å². The molecule has 0 fully saturated rings. The number of hydrogen-bond acceptors (Lipinski definition) is 2. The van der Waals surface area contributed by atoms with Gasteiger partial charge < -0.3 is 0 Å². The fourth-order valence-electron chi connectivity index (χ4n) is 1.07. The van der Waals surface area contributed by atoms with Gasteiger partial charge in [-0.3, -0.25) is 5.10 Å². The van der Waals surface area contributed by atoms with Crippen LogP contribution in [0.3, 0.4) is 0 Å². The van der Waals surface area contributed by atoms with E-state index in [1.807, 2.05) is 36.4 Å². The van der Waals surface area contributed by atoms with Crippen molar-refractivity contribution in [1.82, 2.24) is 10.2 Å². The Bertz CT molecular complexity index is 367. The molecule has 60 valence electrons. The fourth-order valence-corrected chi connectivity index (χ4v) is 1.24. The van der Waals surface area contributed by atoms with Crippen LogP contribution in [0.25, 0.3) is 11.3 Å². The number of aromatic amines is 1. The van der Waals surface area contributed by atoms with E-state index in [4.69, 9.17) is 0 Å². The lowest BCUT2D eigenvalue weighted by Crippen LogP contribution is -1.75. The highest BCUT2D eigenvalue weighted by molar-refractivity contribution is 7.80. The van der Waals surface area contributed by atoms with Crippen molar-refractivity contribution in [2.45, 2.75) is 5.03 Å². The highest BCUT2D eigenvalue weighted by Crippen LogP contribution is 2.17. The van der Waals surface area contributed by atoms with Gasteiger partial charge in [0.25, 0.3) is 0 Å². The maximum atomic E-state index is 4.14. The second-order valence-corrected chi connectivity index (χ2v) is 2.99. The van der Waals surface area contributed by atoms with Crippen LogP contribution in [0, 0.1) is 0 Å². The first kappa shape index (κ1) is 7.43. The van der Waals surface area contributed by atoms with Crippen LogP contribution in [-0.2, 0) is 0 Å². The molecule has 0 amide bonds. The van der Waals surface area contributed by atoms with Crippen LogP contribution in [0.2, 0.25) is 0 Å². The number of thiol groups is 1. The maximum absolute atomic E-state index is 4.14. The Morgan fingerprint density at radius 1 is 1.17 bits per heavy atom. The number of benzene rings is 1. The minimum Gasteiger partial charge on any atom is -0.272 e. The molecule has 0 aliphatic heterocycles. The lowest BCUT2D eigenvalue weighted by Gasteiger charge is -1.92. The van der Waals surface area contributed by atoms with Gasteiger partial charge in [-0.05, 0) is 6.07 Å². The molecule has 0 aliphatic carbocycles. The van der Waals surface area contributed by atoms with E-state index >= 15 is 0 Å². The van der Waals surface area contributed by atoms with Gasteiger partial charge in [0, 0.05) is 5.56 Å². The molecule has 1 aromatic carbocycles. The second-order valence-electron chi connectivity index (χ2n) is 2.50. The van der Waals surface area contributed by atoms with E-state index in [-0.39, 0.29) is 0 Å². The molecule has 2 aromatic rings. The Kier molecular flexibility index (Phi) is 1.87. The van der Waals surface area contributed by atoms with E-state index in [9.17, 15) is 0 Å². The highest BCUT2D eigenvalue weighted by Gasteiger charge is 1.99. The van der Waals surface area contributed by atoms with Crippen molar-refractivity contribution in [3.8, 4) is 11.3 Å². The van der Waals surface area contributed by atoms with Gasteiger partial charge in [0.15, 0.2) is 0 Å². The topological polar surface area (TPSA) is 28.7 Å². The van der Waals surface area contributed by atoms with Crippen LogP contribution in [0.5, 0.6) is 0 Å². The van der Waals surface area contributed by atoms with Gasteiger partial charge in [0.05, 0.1) is 10.7 Å². The Hall–Kier alpha value is -1.22. The van der Waals surface area contributed by atoms with E-state index in [2.05, 4.69) is 22.8 Å². The molecule has 0 bridgehead atoms. The molecule has 0 atom stereocenters. The maximum Gasteiger partial charge on any atom is 0.0932 e. The van der Waals surface area contributed by atoms with E-state index in [1.165, 1.54) is 0 Å². The average Bonchev–Trinajstić information content (AvgIpc) is 2.54. The van der Waals surface area contributed by atoms with Gasteiger partial charge in [-0.1, -0.05) is 30.3 Å². The summed E-state index contributed by atoms with van der Waals surface area (Å²) < 4.78 is 0. The molecule has 0 radical (unpaired) electrons. The van der Waals surface area contributed by atoms with Crippen molar-refractivity contribution in [3.05, 3.63) is 36.4 Å². The van der Waals surface area contributed by atoms with Gasteiger partial charge in [-0.2, -0.15) is 5.10 Å². The van der Waals surface area contributed by atoms with Gasteiger partial charge in [0.2, 0.25) is 0 Å². The molecule has 0 unspecified atom stereocenters. The van der Waals surface area contributed by atoms with E-state index < -0.39 is 0 Å². The molecular weight excluding hydrogens is 168 g/mol. The SMILES string of the molecule is Sc1cc(-c2ccccc2)n[nH]1. The Morgan fingerprint density at radius 3 is 2.50 bits per heavy atom. The quantitative estimate of drug-likeness (QED) is 0.642. The lowest BCUT2D eigenvalue weighted by molar-refractivity contribution is 1.01. The number of H-pyrrole nitrogens is 1. The Balaban J connectivity index is 2.45. The van der Waals surface area contributed by atoms with Gasteiger partial charge in [-0.15, -0.1) is 12.6 Å². The zero-order valence-corrected chi connectivity index (χ0v) is 7.25. The Labute approximate surface area is 76.0 Å². The van der Waals surface area contributed by atoms with Gasteiger partial charge in [-0.25, -0.2) is 0 Å². The monoisotopic (exact) mass is 176 g/mol. The normalized spacial score (nSPS) is 10.1. The molecular formula is C9H8N2S. The predicted molar refractivity (Wildman–Crippen MR) is 51.3 cm³/mol. The van der Waals surface area contributed by atoms with Crippen LogP contribution in [-0.4, -0.2) is 10.2 Å². The second kappa shape index (κ2) is 3.03. The molecule has 1 heterocycles. The minimum atomic E-state index is 0.786. The molecule has 0 saturated carbocycles. The molecule has 0 aliphatic rings. The van der Waals surface area contributed by atoms with Crippen LogP contribution < -0.4 is 0 Å². The predicted octanol–water partition coefficient (Wildman–Crippen LogP) is 2.37. The summed E-state index contributed by atoms with van der Waals surface area (Å²) in [6, 6.07) is 11.9. The number of aromatic nitrogens is 2. The third-order valence-corrected chi connectivity index (χ3v) is 1.86. The fraction of sp³-hybridized carbons (Fsp3) is 0. The van der Waals surface area contributed by atoms with Crippen molar-refractivity contribution in [2.75, 3.05) is 0 Å². The smallest absolute Gasteiger partial charge is 0.0932 e. The zero-order valence-electron chi connectivity index (χ0n) is 6.36. The summed E-state index contributed by atoms with van der Waals surface area (Å²) >= 11 is 4.14. The third kappa shape index (κ3) is 1.36. The molecule has 0 spiro atoms. The van der Waals surface area contributed by atoms with Crippen LogP contribution in [0.1, 0.15) is 0 Å². The zero-order chi connectivity index (χ0) is 8.39. The standard InChI is InChI=1S/C9H8N2S/c12-9-6-8(10-11-9)7-4-2-1-3-5-7/h1-6H,(H2,10,11,12). The molecule has 2 nitrogen and oxygen atoms in total. The van der Waals surface area contributed by atoms with Gasteiger partial charge in [0.1, 0.15) is 0 Å². The summed E-state index contributed by atoms with van der Waals surface area (Å²) in [7, 11) is 0. The van der Waals surface area contributed by atoms with Crippen molar-refractivity contribution < 1.29 is 0 Å². The Morgan fingerprint density at radius 2 is 1.92 bits per heavy atom. The minimum absolute atomic E-state index is 0.786. The lowest BCUT2D eigenvalue weighted by atomic mass is 10.2. The highest BCUT2D eigenvalue weighted by atomic mass is 32.1.